The number of hydrogen-bond acceptors (Lipinski definition) is 5. The van der Waals surface area contributed by atoms with Gasteiger partial charge in [-0.05, 0) is 19.1 Å². The van der Waals surface area contributed by atoms with Gasteiger partial charge in [-0.25, -0.2) is 9.48 Å². The third kappa shape index (κ3) is 3.71. The van der Waals surface area contributed by atoms with Crippen LogP contribution in [0.25, 0.3) is 5.69 Å². The van der Waals surface area contributed by atoms with Gasteiger partial charge in [-0.2, -0.15) is 0 Å². The average molecular weight is 301 g/mol. The van der Waals surface area contributed by atoms with E-state index in [1.807, 2.05) is 0 Å². The Bertz CT molecular complexity index is 640. The number of para-hydroxylation sites is 2. The molecule has 2 rings (SSSR count). The van der Waals surface area contributed by atoms with Crippen LogP contribution in [0.5, 0.6) is 5.75 Å². The van der Waals surface area contributed by atoms with Gasteiger partial charge in [0, 0.05) is 0 Å². The summed E-state index contributed by atoms with van der Waals surface area (Å²) in [5.41, 5.74) is -0.114. The Morgan fingerprint density at radius 2 is 2.05 bits per heavy atom. The van der Waals surface area contributed by atoms with Crippen molar-refractivity contribution in [2.24, 2.45) is 0 Å². The Labute approximate surface area is 117 Å². The van der Waals surface area contributed by atoms with E-state index in [1.54, 1.807) is 6.92 Å². The molecular weight excluding hydrogens is 291 g/mol. The van der Waals surface area contributed by atoms with Crippen LogP contribution in [-0.4, -0.2) is 33.9 Å². The predicted octanol–water partition coefficient (Wildman–Crippen LogP) is 2.34. The molecule has 0 radical (unpaired) electrons. The lowest BCUT2D eigenvalue weighted by atomic mass is 10.3. The summed E-state index contributed by atoms with van der Waals surface area (Å²) in [4.78, 5) is 11.5. The summed E-state index contributed by atoms with van der Waals surface area (Å²) in [6.07, 6.45) is -3.67. The number of carbonyl (C=O) groups is 1. The van der Waals surface area contributed by atoms with E-state index in [2.05, 4.69) is 15.0 Å². The first-order valence-electron chi connectivity index (χ1n) is 5.85. The van der Waals surface area contributed by atoms with Crippen LogP contribution in [0.3, 0.4) is 0 Å². The summed E-state index contributed by atoms with van der Waals surface area (Å²) >= 11 is 0. The molecule has 21 heavy (non-hydrogen) atoms. The highest BCUT2D eigenvalue weighted by Crippen LogP contribution is 2.28. The highest BCUT2D eigenvalue weighted by molar-refractivity contribution is 5.86. The van der Waals surface area contributed by atoms with Crippen LogP contribution in [0.4, 0.5) is 13.2 Å². The lowest BCUT2D eigenvalue weighted by Gasteiger charge is -2.12. The van der Waals surface area contributed by atoms with Gasteiger partial charge in [0.2, 0.25) is 0 Å². The fraction of sp³-hybridized carbons (Fsp3) is 0.250. The van der Waals surface area contributed by atoms with Gasteiger partial charge in [0.1, 0.15) is 5.69 Å². The standard InChI is InChI=1S/C12H10F3N3O3/c1-2-20-11(19)8-7-18(17-16-8)9-5-3-4-6-10(9)21-12(13,14)15/h3-7H,2H2,1H3. The second-order valence-electron chi connectivity index (χ2n) is 3.78. The second-order valence-corrected chi connectivity index (χ2v) is 3.78. The largest absolute Gasteiger partial charge is 0.573 e. The van der Waals surface area contributed by atoms with Gasteiger partial charge in [-0.1, -0.05) is 17.3 Å². The summed E-state index contributed by atoms with van der Waals surface area (Å²) in [5.74, 6) is -1.16. The molecule has 0 saturated heterocycles. The normalized spacial score (nSPS) is 11.2. The van der Waals surface area contributed by atoms with Gasteiger partial charge in [-0.15, -0.1) is 18.3 Å². The number of benzene rings is 1. The van der Waals surface area contributed by atoms with Crippen LogP contribution in [0.15, 0.2) is 30.5 Å². The van der Waals surface area contributed by atoms with Gasteiger partial charge in [0.15, 0.2) is 11.4 Å². The number of esters is 1. The van der Waals surface area contributed by atoms with Crippen molar-refractivity contribution in [1.29, 1.82) is 0 Å². The van der Waals surface area contributed by atoms with Crippen LogP contribution in [0.1, 0.15) is 17.4 Å². The minimum Gasteiger partial charge on any atom is -0.461 e. The van der Waals surface area contributed by atoms with Crippen LogP contribution in [0, 0.1) is 0 Å². The van der Waals surface area contributed by atoms with Crippen LogP contribution >= 0.6 is 0 Å². The molecule has 9 heteroatoms. The molecule has 0 bridgehead atoms. The molecule has 0 aliphatic carbocycles. The number of nitrogens with zero attached hydrogens (tertiary/aromatic N) is 3. The summed E-state index contributed by atoms with van der Waals surface area (Å²) in [6.45, 7) is 1.77. The Kier molecular flexibility index (Phi) is 4.10. The first-order valence-corrected chi connectivity index (χ1v) is 5.85. The van der Waals surface area contributed by atoms with Crippen molar-refractivity contribution in [2.75, 3.05) is 6.61 Å². The SMILES string of the molecule is CCOC(=O)c1cn(-c2ccccc2OC(F)(F)F)nn1. The summed E-state index contributed by atoms with van der Waals surface area (Å²) in [5, 5.41) is 7.15. The quantitative estimate of drug-likeness (QED) is 0.811. The average Bonchev–Trinajstić information content (AvgIpc) is 2.87. The molecule has 1 heterocycles. The molecule has 0 fully saturated rings. The highest BCUT2D eigenvalue weighted by Gasteiger charge is 2.32. The van der Waals surface area contributed by atoms with E-state index in [1.165, 1.54) is 18.2 Å². The van der Waals surface area contributed by atoms with E-state index in [-0.39, 0.29) is 18.0 Å². The van der Waals surface area contributed by atoms with Crippen molar-refractivity contribution in [3.63, 3.8) is 0 Å². The number of carbonyl (C=O) groups excluding carboxylic acids is 1. The summed E-state index contributed by atoms with van der Waals surface area (Å²) in [7, 11) is 0. The van der Waals surface area contributed by atoms with E-state index < -0.39 is 18.1 Å². The van der Waals surface area contributed by atoms with Crippen molar-refractivity contribution >= 4 is 5.97 Å². The molecule has 0 amide bonds. The third-order valence-electron chi connectivity index (χ3n) is 2.32. The lowest BCUT2D eigenvalue weighted by molar-refractivity contribution is -0.274. The van der Waals surface area contributed by atoms with Gasteiger partial charge >= 0.3 is 12.3 Å². The number of alkyl halides is 3. The van der Waals surface area contributed by atoms with Gasteiger partial charge in [-0.3, -0.25) is 0 Å². The molecule has 0 aliphatic rings. The summed E-state index contributed by atoms with van der Waals surface area (Å²) in [6, 6.07) is 5.37. The molecule has 0 saturated carbocycles. The van der Waals surface area contributed by atoms with E-state index in [0.29, 0.717) is 0 Å². The van der Waals surface area contributed by atoms with Gasteiger partial charge < -0.3 is 9.47 Å². The Morgan fingerprint density at radius 3 is 2.71 bits per heavy atom. The zero-order valence-corrected chi connectivity index (χ0v) is 10.8. The summed E-state index contributed by atoms with van der Waals surface area (Å²) < 4.78 is 46.6. The second kappa shape index (κ2) is 5.81. The monoisotopic (exact) mass is 301 g/mol. The molecule has 1 aromatic carbocycles. The lowest BCUT2D eigenvalue weighted by Crippen LogP contribution is -2.18. The maximum absolute atomic E-state index is 12.3. The van der Waals surface area contributed by atoms with Gasteiger partial charge in [0.25, 0.3) is 0 Å². The minimum absolute atomic E-state index is 0.00197. The number of aromatic nitrogens is 3. The van der Waals surface area contributed by atoms with Crippen LogP contribution in [0.2, 0.25) is 0 Å². The predicted molar refractivity (Wildman–Crippen MR) is 64.0 cm³/mol. The van der Waals surface area contributed by atoms with Crippen LogP contribution < -0.4 is 4.74 Å². The fourth-order valence-electron chi connectivity index (χ4n) is 1.54. The topological polar surface area (TPSA) is 66.2 Å². The number of rotatable bonds is 4. The maximum Gasteiger partial charge on any atom is 0.573 e. The third-order valence-corrected chi connectivity index (χ3v) is 2.32. The van der Waals surface area contributed by atoms with Crippen molar-refractivity contribution in [3.05, 3.63) is 36.2 Å². The Morgan fingerprint density at radius 1 is 1.33 bits per heavy atom. The molecule has 0 unspecified atom stereocenters. The molecular formula is C12H10F3N3O3. The molecule has 0 spiro atoms. The Hall–Kier alpha value is -2.58. The highest BCUT2D eigenvalue weighted by atomic mass is 19.4. The zero-order chi connectivity index (χ0) is 15.5. The van der Waals surface area contributed by atoms with Gasteiger partial charge in [0.05, 0.1) is 12.8 Å². The molecule has 0 N–H and O–H groups in total. The van der Waals surface area contributed by atoms with Crippen molar-refractivity contribution in [3.8, 4) is 11.4 Å². The van der Waals surface area contributed by atoms with Crippen molar-refractivity contribution in [1.82, 2.24) is 15.0 Å². The van der Waals surface area contributed by atoms with Crippen molar-refractivity contribution in [2.45, 2.75) is 13.3 Å². The maximum atomic E-state index is 12.3. The molecule has 6 nitrogen and oxygen atoms in total. The molecule has 2 aromatic rings. The molecule has 1 aromatic heterocycles. The fourth-order valence-corrected chi connectivity index (χ4v) is 1.54. The van der Waals surface area contributed by atoms with E-state index in [4.69, 9.17) is 4.74 Å². The van der Waals surface area contributed by atoms with E-state index >= 15 is 0 Å². The first kappa shape index (κ1) is 14.8. The van der Waals surface area contributed by atoms with E-state index in [0.717, 1.165) is 16.9 Å². The Balaban J connectivity index is 2.32. The number of hydrogen-bond donors (Lipinski definition) is 0. The van der Waals surface area contributed by atoms with Crippen LogP contribution in [-0.2, 0) is 4.74 Å². The smallest absolute Gasteiger partial charge is 0.461 e. The number of halogens is 3. The van der Waals surface area contributed by atoms with E-state index in [9.17, 15) is 18.0 Å². The van der Waals surface area contributed by atoms with Crippen molar-refractivity contribution < 1.29 is 27.4 Å². The molecule has 112 valence electrons. The zero-order valence-electron chi connectivity index (χ0n) is 10.8. The number of ether oxygens (including phenoxy) is 2. The molecule has 0 atom stereocenters. The minimum atomic E-state index is -4.83. The molecule has 0 aliphatic heterocycles. The first-order chi connectivity index (χ1) is 9.90.